The van der Waals surface area contributed by atoms with Crippen LogP contribution in [0.25, 0.3) is 10.9 Å². The maximum absolute atomic E-state index is 12.4. The van der Waals surface area contributed by atoms with Crippen LogP contribution >= 0.6 is 0 Å². The summed E-state index contributed by atoms with van der Waals surface area (Å²) in [6.07, 6.45) is 1.36. The van der Waals surface area contributed by atoms with E-state index in [2.05, 4.69) is 15.0 Å². The Morgan fingerprint density at radius 1 is 1.15 bits per heavy atom. The zero-order valence-corrected chi connectivity index (χ0v) is 13.6. The summed E-state index contributed by atoms with van der Waals surface area (Å²) in [5.41, 5.74) is 0.475. The predicted octanol–water partition coefficient (Wildman–Crippen LogP) is 3.03. The van der Waals surface area contributed by atoms with E-state index < -0.39 is 12.5 Å². The van der Waals surface area contributed by atoms with Gasteiger partial charge in [0.2, 0.25) is 5.91 Å². The number of halogens is 2. The first-order valence-corrected chi connectivity index (χ1v) is 7.82. The topological polar surface area (TPSA) is 73.2 Å². The van der Waals surface area contributed by atoms with Gasteiger partial charge in [0.1, 0.15) is 5.75 Å². The standard InChI is InChI=1S/C18H15F2N3O3/c19-18(20)26-15-8-4-3-7-14(15)22-16(24)9-10-23-11-21-13-6-2-1-5-12(13)17(23)25/h1-8,11,18H,9-10H2,(H,22,24). The second-order valence-corrected chi connectivity index (χ2v) is 5.43. The molecule has 1 amide bonds. The Morgan fingerprint density at radius 3 is 2.69 bits per heavy atom. The largest absolute Gasteiger partial charge is 0.433 e. The Morgan fingerprint density at radius 2 is 1.88 bits per heavy atom. The van der Waals surface area contributed by atoms with Crippen LogP contribution in [0.4, 0.5) is 14.5 Å². The molecule has 0 bridgehead atoms. The van der Waals surface area contributed by atoms with E-state index in [-0.39, 0.29) is 30.0 Å². The number of nitrogens with one attached hydrogen (secondary N) is 1. The van der Waals surface area contributed by atoms with Gasteiger partial charge in [0.05, 0.1) is 22.9 Å². The molecule has 0 spiro atoms. The quantitative estimate of drug-likeness (QED) is 0.734. The number of alkyl halides is 2. The van der Waals surface area contributed by atoms with Crippen molar-refractivity contribution in [2.24, 2.45) is 0 Å². The monoisotopic (exact) mass is 359 g/mol. The number of nitrogens with zero attached hydrogens (tertiary/aromatic N) is 2. The first kappa shape index (κ1) is 17.5. The van der Waals surface area contributed by atoms with Crippen molar-refractivity contribution in [1.82, 2.24) is 9.55 Å². The van der Waals surface area contributed by atoms with Gasteiger partial charge in [-0.05, 0) is 24.3 Å². The van der Waals surface area contributed by atoms with E-state index in [0.717, 1.165) is 0 Å². The number of anilines is 1. The van der Waals surface area contributed by atoms with Crippen molar-refractivity contribution in [3.8, 4) is 5.75 Å². The van der Waals surface area contributed by atoms with Crippen molar-refractivity contribution in [3.63, 3.8) is 0 Å². The number of hydrogen-bond acceptors (Lipinski definition) is 4. The van der Waals surface area contributed by atoms with Gasteiger partial charge in [0.15, 0.2) is 0 Å². The summed E-state index contributed by atoms with van der Waals surface area (Å²) in [5.74, 6) is -0.559. The third-order valence-corrected chi connectivity index (χ3v) is 3.69. The predicted molar refractivity (Wildman–Crippen MR) is 92.3 cm³/mol. The molecule has 3 rings (SSSR count). The summed E-state index contributed by atoms with van der Waals surface area (Å²) in [6, 6.07) is 12.8. The highest BCUT2D eigenvalue weighted by Crippen LogP contribution is 2.25. The summed E-state index contributed by atoms with van der Waals surface area (Å²) < 4.78 is 30.5. The molecule has 0 aliphatic rings. The molecule has 1 aromatic heterocycles. The summed E-state index contributed by atoms with van der Waals surface area (Å²) in [5, 5.41) is 2.97. The van der Waals surface area contributed by atoms with E-state index in [0.29, 0.717) is 10.9 Å². The number of para-hydroxylation sites is 3. The Bertz CT molecular complexity index is 989. The zero-order chi connectivity index (χ0) is 18.5. The highest BCUT2D eigenvalue weighted by molar-refractivity contribution is 5.92. The number of fused-ring (bicyclic) bond motifs is 1. The van der Waals surface area contributed by atoms with Gasteiger partial charge in [-0.15, -0.1) is 0 Å². The van der Waals surface area contributed by atoms with Gasteiger partial charge in [0.25, 0.3) is 5.56 Å². The lowest BCUT2D eigenvalue weighted by Gasteiger charge is -2.12. The number of aromatic nitrogens is 2. The maximum atomic E-state index is 12.4. The molecule has 134 valence electrons. The van der Waals surface area contributed by atoms with Crippen LogP contribution < -0.4 is 15.6 Å². The van der Waals surface area contributed by atoms with Crippen LogP contribution in [-0.2, 0) is 11.3 Å². The summed E-state index contributed by atoms with van der Waals surface area (Å²) >= 11 is 0. The van der Waals surface area contributed by atoms with E-state index in [4.69, 9.17) is 0 Å². The lowest BCUT2D eigenvalue weighted by Crippen LogP contribution is -2.23. The lowest BCUT2D eigenvalue weighted by molar-refractivity contribution is -0.116. The highest BCUT2D eigenvalue weighted by Gasteiger charge is 2.12. The fourth-order valence-corrected chi connectivity index (χ4v) is 2.47. The first-order valence-electron chi connectivity index (χ1n) is 7.82. The Labute approximate surface area is 147 Å². The zero-order valence-electron chi connectivity index (χ0n) is 13.6. The molecule has 0 saturated carbocycles. The molecule has 0 aliphatic carbocycles. The minimum Gasteiger partial charge on any atom is -0.433 e. The van der Waals surface area contributed by atoms with Crippen molar-refractivity contribution < 1.29 is 18.3 Å². The van der Waals surface area contributed by atoms with Crippen LogP contribution in [0.15, 0.2) is 59.7 Å². The van der Waals surface area contributed by atoms with Crippen molar-refractivity contribution in [2.45, 2.75) is 19.6 Å². The number of carbonyl (C=O) groups is 1. The number of ether oxygens (including phenoxy) is 1. The molecule has 8 heteroatoms. The molecule has 3 aromatic rings. The molecule has 2 aromatic carbocycles. The summed E-state index contributed by atoms with van der Waals surface area (Å²) in [7, 11) is 0. The Hall–Kier alpha value is -3.29. The summed E-state index contributed by atoms with van der Waals surface area (Å²) in [4.78, 5) is 28.6. The number of hydrogen-bond donors (Lipinski definition) is 1. The van der Waals surface area contributed by atoms with Crippen LogP contribution in [-0.4, -0.2) is 22.1 Å². The molecule has 1 N–H and O–H groups in total. The fraction of sp³-hybridized carbons (Fsp3) is 0.167. The Kier molecular flexibility index (Phi) is 5.21. The average Bonchev–Trinajstić information content (AvgIpc) is 2.63. The molecular formula is C18H15F2N3O3. The van der Waals surface area contributed by atoms with Gasteiger partial charge < -0.3 is 10.1 Å². The normalized spacial score (nSPS) is 10.9. The maximum Gasteiger partial charge on any atom is 0.387 e. The molecule has 0 saturated heterocycles. The van der Waals surface area contributed by atoms with E-state index in [1.54, 1.807) is 30.3 Å². The second-order valence-electron chi connectivity index (χ2n) is 5.43. The number of rotatable bonds is 6. The number of amides is 1. The van der Waals surface area contributed by atoms with Gasteiger partial charge in [-0.25, -0.2) is 4.98 Å². The molecule has 6 nitrogen and oxygen atoms in total. The fourth-order valence-electron chi connectivity index (χ4n) is 2.47. The minimum absolute atomic E-state index is 0.0249. The minimum atomic E-state index is -2.99. The van der Waals surface area contributed by atoms with Gasteiger partial charge >= 0.3 is 6.61 Å². The van der Waals surface area contributed by atoms with Crippen molar-refractivity contribution in [2.75, 3.05) is 5.32 Å². The van der Waals surface area contributed by atoms with Crippen LogP contribution in [0.1, 0.15) is 6.42 Å². The van der Waals surface area contributed by atoms with E-state index in [1.807, 2.05) is 0 Å². The number of carbonyl (C=O) groups excluding carboxylic acids is 1. The van der Waals surface area contributed by atoms with E-state index >= 15 is 0 Å². The number of benzene rings is 2. The molecule has 0 unspecified atom stereocenters. The first-order chi connectivity index (χ1) is 12.5. The van der Waals surface area contributed by atoms with Gasteiger partial charge in [-0.1, -0.05) is 24.3 Å². The molecule has 0 radical (unpaired) electrons. The van der Waals surface area contributed by atoms with E-state index in [9.17, 15) is 18.4 Å². The third-order valence-electron chi connectivity index (χ3n) is 3.69. The molecular weight excluding hydrogens is 344 g/mol. The molecule has 0 atom stereocenters. The summed E-state index contributed by atoms with van der Waals surface area (Å²) in [6.45, 7) is -2.88. The molecule has 26 heavy (non-hydrogen) atoms. The molecule has 1 heterocycles. The SMILES string of the molecule is O=C(CCn1cnc2ccccc2c1=O)Nc1ccccc1OC(F)F. The van der Waals surface area contributed by atoms with Crippen molar-refractivity contribution in [1.29, 1.82) is 0 Å². The van der Waals surface area contributed by atoms with Gasteiger partial charge in [-0.3, -0.25) is 14.2 Å². The lowest BCUT2D eigenvalue weighted by atomic mass is 10.2. The molecule has 0 fully saturated rings. The third kappa shape index (κ3) is 4.02. The van der Waals surface area contributed by atoms with Crippen molar-refractivity contribution >= 4 is 22.5 Å². The van der Waals surface area contributed by atoms with Crippen LogP contribution in [0.3, 0.4) is 0 Å². The molecule has 0 aliphatic heterocycles. The van der Waals surface area contributed by atoms with Crippen LogP contribution in [0.2, 0.25) is 0 Å². The van der Waals surface area contributed by atoms with Crippen LogP contribution in [0.5, 0.6) is 5.75 Å². The smallest absolute Gasteiger partial charge is 0.387 e. The van der Waals surface area contributed by atoms with Crippen LogP contribution in [0, 0.1) is 0 Å². The highest BCUT2D eigenvalue weighted by atomic mass is 19.3. The Balaban J connectivity index is 1.69. The van der Waals surface area contributed by atoms with Gasteiger partial charge in [0, 0.05) is 13.0 Å². The number of aryl methyl sites for hydroxylation is 1. The average molecular weight is 359 g/mol. The van der Waals surface area contributed by atoms with Gasteiger partial charge in [-0.2, -0.15) is 8.78 Å². The second kappa shape index (κ2) is 7.73. The van der Waals surface area contributed by atoms with Crippen molar-refractivity contribution in [3.05, 3.63) is 65.2 Å². The van der Waals surface area contributed by atoms with E-state index in [1.165, 1.54) is 29.1 Å².